The summed E-state index contributed by atoms with van der Waals surface area (Å²) in [7, 11) is 0. The molecule has 0 radical (unpaired) electrons. The lowest BCUT2D eigenvalue weighted by Crippen LogP contribution is -2.35. The number of hydrogen-bond donors (Lipinski definition) is 0. The molecule has 3 rings (SSSR count). The Balaban J connectivity index is 1.80. The normalized spacial score (nSPS) is 22.1. The van der Waals surface area contributed by atoms with Gasteiger partial charge in [0.05, 0.1) is 23.9 Å². The molecule has 1 atom stereocenters. The Kier molecular flexibility index (Phi) is 5.07. The third-order valence-corrected chi connectivity index (χ3v) is 5.04. The van der Waals surface area contributed by atoms with E-state index in [1.165, 1.54) is 12.8 Å². The Hall–Kier alpha value is -2.04. The zero-order valence-electron chi connectivity index (χ0n) is 14.5. The van der Waals surface area contributed by atoms with Crippen LogP contribution in [0.1, 0.15) is 33.1 Å². The Morgan fingerprint density at radius 1 is 1.21 bits per heavy atom. The van der Waals surface area contributed by atoms with E-state index in [2.05, 4.69) is 17.9 Å². The van der Waals surface area contributed by atoms with Crippen molar-refractivity contribution < 1.29 is 14.3 Å². The molecule has 0 N–H and O–H groups in total. The van der Waals surface area contributed by atoms with Crippen LogP contribution >= 0.6 is 0 Å². The average molecular weight is 330 g/mol. The van der Waals surface area contributed by atoms with Crippen LogP contribution in [0.25, 0.3) is 0 Å². The van der Waals surface area contributed by atoms with Gasteiger partial charge < -0.3 is 14.5 Å². The van der Waals surface area contributed by atoms with E-state index in [4.69, 9.17) is 4.74 Å². The van der Waals surface area contributed by atoms with Crippen LogP contribution in [0.4, 0.5) is 11.4 Å². The summed E-state index contributed by atoms with van der Waals surface area (Å²) in [5, 5.41) is 0. The fourth-order valence-corrected chi connectivity index (χ4v) is 3.57. The second-order valence-electron chi connectivity index (χ2n) is 6.82. The van der Waals surface area contributed by atoms with Crippen molar-refractivity contribution in [3.63, 3.8) is 0 Å². The summed E-state index contributed by atoms with van der Waals surface area (Å²) in [4.78, 5) is 28.6. The predicted octanol–water partition coefficient (Wildman–Crippen LogP) is 2.84. The van der Waals surface area contributed by atoms with Crippen molar-refractivity contribution in [3.8, 4) is 0 Å². The van der Waals surface area contributed by atoms with Crippen LogP contribution in [-0.4, -0.2) is 38.1 Å². The number of anilines is 2. The zero-order chi connectivity index (χ0) is 17.1. The van der Waals surface area contributed by atoms with Gasteiger partial charge in [-0.15, -0.1) is 0 Å². The molecule has 1 aromatic rings. The summed E-state index contributed by atoms with van der Waals surface area (Å²) < 4.78 is 5.09. The number of nitrogens with zero attached hydrogens (tertiary/aromatic N) is 2. The summed E-state index contributed by atoms with van der Waals surface area (Å²) in [6.07, 6.45) is 2.59. The average Bonchev–Trinajstić information content (AvgIpc) is 2.98. The molecule has 0 saturated carbocycles. The van der Waals surface area contributed by atoms with E-state index in [1.807, 2.05) is 18.2 Å². The lowest BCUT2D eigenvalue weighted by molar-refractivity contribution is -0.147. The molecular weight excluding hydrogens is 304 g/mol. The lowest BCUT2D eigenvalue weighted by Gasteiger charge is -2.34. The largest absolute Gasteiger partial charge is 0.466 e. The second kappa shape index (κ2) is 7.24. The van der Waals surface area contributed by atoms with Crippen molar-refractivity contribution in [1.82, 2.24) is 0 Å². The first-order chi connectivity index (χ1) is 11.6. The van der Waals surface area contributed by atoms with Crippen molar-refractivity contribution in [1.29, 1.82) is 0 Å². The highest BCUT2D eigenvalue weighted by Gasteiger charge is 2.37. The Labute approximate surface area is 143 Å². The lowest BCUT2D eigenvalue weighted by atomic mass is 9.98. The number of piperidine rings is 1. The summed E-state index contributed by atoms with van der Waals surface area (Å²) in [5.41, 5.74) is 2.02. The van der Waals surface area contributed by atoms with Crippen LogP contribution in [0.15, 0.2) is 24.3 Å². The van der Waals surface area contributed by atoms with Gasteiger partial charge in [-0.05, 0) is 37.8 Å². The Bertz CT molecular complexity index is 608. The highest BCUT2D eigenvalue weighted by molar-refractivity contribution is 6.01. The molecule has 2 saturated heterocycles. The van der Waals surface area contributed by atoms with E-state index in [-0.39, 0.29) is 24.2 Å². The third kappa shape index (κ3) is 3.40. The van der Waals surface area contributed by atoms with E-state index >= 15 is 0 Å². The summed E-state index contributed by atoms with van der Waals surface area (Å²) in [5.74, 6) is 0.144. The highest BCUT2D eigenvalue weighted by atomic mass is 16.5. The molecule has 1 aromatic carbocycles. The molecule has 1 amide bonds. The van der Waals surface area contributed by atoms with Crippen molar-refractivity contribution in [3.05, 3.63) is 24.3 Å². The summed E-state index contributed by atoms with van der Waals surface area (Å²) >= 11 is 0. The molecule has 2 aliphatic heterocycles. The Morgan fingerprint density at radius 3 is 2.54 bits per heavy atom. The van der Waals surface area contributed by atoms with Crippen LogP contribution in [0.5, 0.6) is 0 Å². The summed E-state index contributed by atoms with van der Waals surface area (Å²) in [6, 6.07) is 8.03. The molecule has 5 heteroatoms. The molecule has 0 aliphatic carbocycles. The number of rotatable bonds is 4. The van der Waals surface area contributed by atoms with E-state index < -0.39 is 0 Å². The third-order valence-electron chi connectivity index (χ3n) is 5.04. The van der Waals surface area contributed by atoms with Crippen LogP contribution in [-0.2, 0) is 14.3 Å². The standard InChI is InChI=1S/C19H26N2O3/c1-3-24-19(23)15-12-18(22)21(13-15)17-7-5-4-6-16(17)20-10-8-14(2)9-11-20/h4-7,14-15H,3,8-13H2,1-2H3. The van der Waals surface area contributed by atoms with Crippen LogP contribution in [0.3, 0.4) is 0 Å². The number of esters is 1. The smallest absolute Gasteiger partial charge is 0.311 e. The number of carbonyl (C=O) groups excluding carboxylic acids is 2. The number of para-hydroxylation sites is 2. The molecular formula is C19H26N2O3. The number of ether oxygens (including phenoxy) is 1. The van der Waals surface area contributed by atoms with Crippen LogP contribution in [0, 0.1) is 11.8 Å². The number of benzene rings is 1. The van der Waals surface area contributed by atoms with Crippen LogP contribution in [0.2, 0.25) is 0 Å². The topological polar surface area (TPSA) is 49.9 Å². The van der Waals surface area contributed by atoms with Crippen LogP contribution < -0.4 is 9.80 Å². The molecule has 0 spiro atoms. The van der Waals surface area contributed by atoms with E-state index in [9.17, 15) is 9.59 Å². The van der Waals surface area contributed by atoms with Crippen molar-refractivity contribution in [2.24, 2.45) is 11.8 Å². The van der Waals surface area contributed by atoms with E-state index in [1.54, 1.807) is 11.8 Å². The maximum atomic E-state index is 12.5. The molecule has 0 bridgehead atoms. The van der Waals surface area contributed by atoms with Crippen molar-refractivity contribution in [2.75, 3.05) is 36.0 Å². The molecule has 2 aliphatic rings. The molecule has 24 heavy (non-hydrogen) atoms. The van der Waals surface area contributed by atoms with E-state index in [0.717, 1.165) is 30.4 Å². The SMILES string of the molecule is CCOC(=O)C1CC(=O)N(c2ccccc2N2CCC(C)CC2)C1. The van der Waals surface area contributed by atoms with E-state index in [0.29, 0.717) is 13.2 Å². The molecule has 1 unspecified atom stereocenters. The van der Waals surface area contributed by atoms with Gasteiger partial charge in [-0.2, -0.15) is 0 Å². The van der Waals surface area contributed by atoms with Gasteiger partial charge in [-0.3, -0.25) is 9.59 Å². The van der Waals surface area contributed by atoms with Crippen molar-refractivity contribution in [2.45, 2.75) is 33.1 Å². The first-order valence-electron chi connectivity index (χ1n) is 8.91. The number of carbonyl (C=O) groups is 2. The molecule has 5 nitrogen and oxygen atoms in total. The van der Waals surface area contributed by atoms with Gasteiger partial charge in [0.1, 0.15) is 0 Å². The first-order valence-corrected chi connectivity index (χ1v) is 8.91. The monoisotopic (exact) mass is 330 g/mol. The molecule has 0 aromatic heterocycles. The zero-order valence-corrected chi connectivity index (χ0v) is 14.5. The van der Waals surface area contributed by atoms with Gasteiger partial charge in [-0.1, -0.05) is 19.1 Å². The molecule has 2 heterocycles. The van der Waals surface area contributed by atoms with Gasteiger partial charge in [0.25, 0.3) is 0 Å². The fourth-order valence-electron chi connectivity index (χ4n) is 3.57. The minimum Gasteiger partial charge on any atom is -0.466 e. The summed E-state index contributed by atoms with van der Waals surface area (Å²) in [6.45, 7) is 6.88. The fraction of sp³-hybridized carbons (Fsp3) is 0.579. The van der Waals surface area contributed by atoms with Gasteiger partial charge in [-0.25, -0.2) is 0 Å². The van der Waals surface area contributed by atoms with Gasteiger partial charge in [0.15, 0.2) is 0 Å². The number of hydrogen-bond acceptors (Lipinski definition) is 4. The number of amides is 1. The highest BCUT2D eigenvalue weighted by Crippen LogP contribution is 2.35. The Morgan fingerprint density at radius 2 is 1.88 bits per heavy atom. The minimum absolute atomic E-state index is 0.00544. The first kappa shape index (κ1) is 16.8. The van der Waals surface area contributed by atoms with Crippen molar-refractivity contribution >= 4 is 23.3 Å². The minimum atomic E-state index is -0.355. The predicted molar refractivity (Wildman–Crippen MR) is 94.1 cm³/mol. The van der Waals surface area contributed by atoms with Gasteiger partial charge >= 0.3 is 5.97 Å². The quantitative estimate of drug-likeness (QED) is 0.797. The maximum absolute atomic E-state index is 12.5. The van der Waals surface area contributed by atoms with Gasteiger partial charge in [0, 0.05) is 26.1 Å². The molecule has 130 valence electrons. The van der Waals surface area contributed by atoms with Gasteiger partial charge in [0.2, 0.25) is 5.91 Å². The second-order valence-corrected chi connectivity index (χ2v) is 6.82. The maximum Gasteiger partial charge on any atom is 0.311 e. The molecule has 2 fully saturated rings.